The van der Waals surface area contributed by atoms with Gasteiger partial charge in [-0.25, -0.2) is 0 Å². The van der Waals surface area contributed by atoms with Gasteiger partial charge in [-0.1, -0.05) is 51.0 Å². The number of aldehydes is 1. The molecule has 0 spiro atoms. The van der Waals surface area contributed by atoms with Gasteiger partial charge in [-0.3, -0.25) is 9.59 Å². The summed E-state index contributed by atoms with van der Waals surface area (Å²) in [5, 5.41) is 45.8. The number of esters is 2. The second-order valence-corrected chi connectivity index (χ2v) is 16.2. The molecule has 15 heteroatoms. The summed E-state index contributed by atoms with van der Waals surface area (Å²) in [6.45, 7) is 10.6. The molecule has 0 saturated carbocycles. The topological polar surface area (TPSA) is 200 Å². The first-order valence-electron chi connectivity index (χ1n) is 20.2. The van der Waals surface area contributed by atoms with Crippen LogP contribution in [0.2, 0.25) is 0 Å². The summed E-state index contributed by atoms with van der Waals surface area (Å²) in [5.41, 5.74) is -1.48. The van der Waals surface area contributed by atoms with E-state index in [1.54, 1.807) is 64.9 Å². The van der Waals surface area contributed by atoms with Gasteiger partial charge in [0.25, 0.3) is 0 Å². The Bertz CT molecular complexity index is 1280. The van der Waals surface area contributed by atoms with Gasteiger partial charge >= 0.3 is 11.9 Å². The maximum Gasteiger partial charge on any atom is 0.308 e. The average molecular weight is 800 g/mol. The van der Waals surface area contributed by atoms with Gasteiger partial charge in [0.15, 0.2) is 18.7 Å². The Morgan fingerprint density at radius 1 is 1.02 bits per heavy atom. The molecule has 0 bridgehead atoms. The van der Waals surface area contributed by atoms with Crippen molar-refractivity contribution in [2.45, 2.75) is 185 Å². The Kier molecular flexibility index (Phi) is 19.5. The lowest BCUT2D eigenvalue weighted by Gasteiger charge is -2.50. The third kappa shape index (κ3) is 13.6. The molecule has 0 aromatic carbocycles. The highest BCUT2D eigenvalue weighted by molar-refractivity contribution is 5.70. The van der Waals surface area contributed by atoms with E-state index in [1.807, 2.05) is 19.9 Å². The number of carbonyl (C=O) groups excluding carboxylic acids is 3. The minimum absolute atomic E-state index is 0.0246. The molecule has 2 fully saturated rings. The van der Waals surface area contributed by atoms with E-state index < -0.39 is 110 Å². The van der Waals surface area contributed by atoms with E-state index in [2.05, 4.69) is 0 Å². The molecule has 15 nitrogen and oxygen atoms in total. The van der Waals surface area contributed by atoms with Crippen LogP contribution in [0.4, 0.5) is 0 Å². The Hall–Kier alpha value is -2.31. The number of aliphatic hydroxyl groups is 4. The fourth-order valence-corrected chi connectivity index (χ4v) is 7.97. The molecular formula is C41H69NO14. The molecule has 0 radical (unpaired) electrons. The predicted octanol–water partition coefficient (Wildman–Crippen LogP) is 2.98. The first-order chi connectivity index (χ1) is 26.4. The summed E-state index contributed by atoms with van der Waals surface area (Å²) in [5.74, 6) is -2.08. The van der Waals surface area contributed by atoms with E-state index in [9.17, 15) is 34.8 Å². The van der Waals surface area contributed by atoms with Crippen LogP contribution < -0.4 is 0 Å². The number of rotatable bonds is 13. The fourth-order valence-electron chi connectivity index (χ4n) is 7.97. The molecule has 3 rings (SSSR count). The van der Waals surface area contributed by atoms with Crippen LogP contribution in [-0.2, 0) is 47.5 Å². The van der Waals surface area contributed by atoms with Crippen LogP contribution in [0.15, 0.2) is 24.3 Å². The maximum absolute atomic E-state index is 12.9. The number of likely N-dealkylation sites (N-methyl/N-ethyl adjacent to an activating group) is 1. The summed E-state index contributed by atoms with van der Waals surface area (Å²) in [6, 6.07) is -0.751. The number of cyclic esters (lactones) is 1. The van der Waals surface area contributed by atoms with Crippen molar-refractivity contribution in [2.75, 3.05) is 21.2 Å². The Labute approximate surface area is 332 Å². The number of carbonyl (C=O) groups is 3. The van der Waals surface area contributed by atoms with Crippen LogP contribution in [0.5, 0.6) is 0 Å². The van der Waals surface area contributed by atoms with Crippen molar-refractivity contribution < 1.29 is 68.0 Å². The molecule has 56 heavy (non-hydrogen) atoms. The normalized spacial score (nSPS) is 41.8. The second-order valence-electron chi connectivity index (χ2n) is 16.2. The lowest BCUT2D eigenvalue weighted by atomic mass is 9.82. The second kappa shape index (κ2) is 22.7. The van der Waals surface area contributed by atoms with Crippen molar-refractivity contribution in [3.05, 3.63) is 24.3 Å². The average Bonchev–Trinajstić information content (AvgIpc) is 3.10. The Morgan fingerprint density at radius 3 is 2.36 bits per heavy atom. The molecule has 3 aliphatic rings. The lowest BCUT2D eigenvalue weighted by molar-refractivity contribution is -0.344. The summed E-state index contributed by atoms with van der Waals surface area (Å²) in [4.78, 5) is 39.3. The number of ether oxygens (including phenoxy) is 7. The Balaban J connectivity index is 1.88. The van der Waals surface area contributed by atoms with Gasteiger partial charge in [0.1, 0.15) is 36.3 Å². The zero-order valence-corrected chi connectivity index (χ0v) is 34.7. The molecule has 4 N–H and O–H groups in total. The SMILES string of the molecule is CCCCCC(=O)O[C@H]1[C@H](C)O[C@@H](O[C@H]2[C@H](N(C)C)[C@@H](O)[C@H](O[C@@H]3C(OC)[C@H](O)CC(=O)O[C@H](C)C/C=C\C=C\[C@H](O)[C@H](C)C[C@@H]3CC=O)O[C@@H]2C)C[C@@]1(C)O. The maximum atomic E-state index is 12.9. The number of allylic oxidation sites excluding steroid dienone is 2. The minimum atomic E-state index is -1.48. The summed E-state index contributed by atoms with van der Waals surface area (Å²) < 4.78 is 42.5. The van der Waals surface area contributed by atoms with E-state index in [0.717, 1.165) is 19.1 Å². The van der Waals surface area contributed by atoms with Gasteiger partial charge in [0, 0.05) is 32.8 Å². The summed E-state index contributed by atoms with van der Waals surface area (Å²) in [7, 11) is 4.87. The van der Waals surface area contributed by atoms with Crippen molar-refractivity contribution in [3.63, 3.8) is 0 Å². The number of nitrogens with zero attached hydrogens (tertiary/aromatic N) is 1. The van der Waals surface area contributed by atoms with Crippen LogP contribution in [-0.4, -0.2) is 150 Å². The van der Waals surface area contributed by atoms with Gasteiger partial charge in [-0.2, -0.15) is 0 Å². The smallest absolute Gasteiger partial charge is 0.308 e. The minimum Gasteiger partial charge on any atom is -0.462 e. The van der Waals surface area contributed by atoms with Crippen LogP contribution in [0.25, 0.3) is 0 Å². The quantitative estimate of drug-likeness (QED) is 0.120. The van der Waals surface area contributed by atoms with E-state index in [4.69, 9.17) is 33.2 Å². The molecule has 1 unspecified atom stereocenters. The first kappa shape index (κ1) is 48.1. The highest BCUT2D eigenvalue weighted by Gasteiger charge is 2.52. The molecule has 2 saturated heterocycles. The summed E-state index contributed by atoms with van der Waals surface area (Å²) >= 11 is 0. The van der Waals surface area contributed by atoms with Gasteiger partial charge in [-0.15, -0.1) is 0 Å². The van der Waals surface area contributed by atoms with Crippen LogP contribution in [0, 0.1) is 11.8 Å². The van der Waals surface area contributed by atoms with Gasteiger partial charge in [0.2, 0.25) is 0 Å². The fraction of sp³-hybridized carbons (Fsp3) is 0.829. The third-order valence-corrected chi connectivity index (χ3v) is 11.0. The number of hydrogen-bond donors (Lipinski definition) is 4. The number of unbranched alkanes of at least 4 members (excludes halogenated alkanes) is 2. The predicted molar refractivity (Wildman–Crippen MR) is 205 cm³/mol. The molecular weight excluding hydrogens is 730 g/mol. The highest BCUT2D eigenvalue weighted by atomic mass is 16.7. The van der Waals surface area contributed by atoms with Crippen LogP contribution >= 0.6 is 0 Å². The van der Waals surface area contributed by atoms with E-state index >= 15 is 0 Å². The monoisotopic (exact) mass is 799 g/mol. The molecule has 3 heterocycles. The molecule has 0 aromatic heterocycles. The first-order valence-corrected chi connectivity index (χ1v) is 20.2. The standard InChI is InChI=1S/C41H69NO14/c1-10-11-13-18-31(46)54-39-27(5)52-33(23-41(39,6)49)55-36-26(4)53-40(35(48)34(36)42(7)8)56-37-28(19-20-43)21-24(2)29(44)17-15-12-14-16-25(3)51-32(47)22-30(45)38(37)50-9/h12,14-15,17,20,24-30,33-40,44-45,48-49H,10-11,13,16,18-19,21-23H2,1-9H3/b14-12-,17-15+/t24-,25-,26-,27+,28+,29+,30-,33+,34-,35-,36-,37+,38?,39+,40+,41-/m1/s1. The molecule has 0 aromatic rings. The van der Waals surface area contributed by atoms with Crippen LogP contribution in [0.3, 0.4) is 0 Å². The van der Waals surface area contributed by atoms with Crippen molar-refractivity contribution >= 4 is 18.2 Å². The molecule has 0 aliphatic carbocycles. The van der Waals surface area contributed by atoms with E-state index in [0.29, 0.717) is 12.8 Å². The van der Waals surface area contributed by atoms with E-state index in [1.165, 1.54) is 7.11 Å². The van der Waals surface area contributed by atoms with Gasteiger partial charge in [-0.05, 0) is 66.5 Å². The molecule has 0 amide bonds. The highest BCUT2D eigenvalue weighted by Crippen LogP contribution is 2.37. The van der Waals surface area contributed by atoms with Crippen molar-refractivity contribution in [3.8, 4) is 0 Å². The number of aliphatic hydroxyl groups excluding tert-OH is 3. The Morgan fingerprint density at radius 2 is 1.73 bits per heavy atom. The number of methoxy groups -OCH3 is 1. The molecule has 16 atom stereocenters. The van der Waals surface area contributed by atoms with Crippen molar-refractivity contribution in [1.29, 1.82) is 0 Å². The number of hydrogen-bond acceptors (Lipinski definition) is 15. The summed E-state index contributed by atoms with van der Waals surface area (Å²) in [6.07, 6.45) is -1.26. The van der Waals surface area contributed by atoms with Crippen molar-refractivity contribution in [2.24, 2.45) is 11.8 Å². The van der Waals surface area contributed by atoms with Gasteiger partial charge < -0.3 is 63.3 Å². The van der Waals surface area contributed by atoms with Crippen molar-refractivity contribution in [1.82, 2.24) is 4.90 Å². The molecule has 322 valence electrons. The van der Waals surface area contributed by atoms with Crippen LogP contribution in [0.1, 0.15) is 99.3 Å². The third-order valence-electron chi connectivity index (χ3n) is 11.0. The zero-order valence-electron chi connectivity index (χ0n) is 34.7. The van der Waals surface area contributed by atoms with E-state index in [-0.39, 0.29) is 31.6 Å². The largest absolute Gasteiger partial charge is 0.462 e. The molecule has 3 aliphatic heterocycles. The van der Waals surface area contributed by atoms with Gasteiger partial charge in [0.05, 0.1) is 43.0 Å². The zero-order chi connectivity index (χ0) is 41.7. The lowest BCUT2D eigenvalue weighted by Crippen LogP contribution is -2.66.